The zero-order valence-corrected chi connectivity index (χ0v) is 11.0. The van der Waals surface area contributed by atoms with Gasteiger partial charge < -0.3 is 20.1 Å². The van der Waals surface area contributed by atoms with Gasteiger partial charge in [-0.25, -0.2) is 4.79 Å². The minimum Gasteiger partial charge on any atom is -0.460 e. The van der Waals surface area contributed by atoms with E-state index in [4.69, 9.17) is 20.6 Å². The smallest absolute Gasteiger partial charge is 0.338 e. The van der Waals surface area contributed by atoms with Crippen LogP contribution in [-0.2, 0) is 9.47 Å². The number of hydrogen-bond acceptors (Lipinski definition) is 4. The molecule has 0 heterocycles. The maximum absolute atomic E-state index is 11.5. The molecule has 104 valence electrons. The number of guanidine groups is 1. The van der Waals surface area contributed by atoms with Gasteiger partial charge in [-0.1, -0.05) is 18.2 Å². The summed E-state index contributed by atoms with van der Waals surface area (Å²) in [6.45, 7) is 1.49. The lowest BCUT2D eigenvalue weighted by atomic mass is 10.2. The molecular formula is C13H19N3O3. The van der Waals surface area contributed by atoms with Crippen LogP contribution in [0.4, 0.5) is 0 Å². The minimum atomic E-state index is -0.356. The van der Waals surface area contributed by atoms with E-state index >= 15 is 0 Å². The molecule has 0 fully saturated rings. The Kier molecular flexibility index (Phi) is 6.38. The fourth-order valence-electron chi connectivity index (χ4n) is 1.27. The summed E-state index contributed by atoms with van der Waals surface area (Å²) in [6, 6.07) is 8.80. The first-order valence-corrected chi connectivity index (χ1v) is 5.96. The van der Waals surface area contributed by atoms with Gasteiger partial charge in [0.1, 0.15) is 6.61 Å². The van der Waals surface area contributed by atoms with Crippen molar-refractivity contribution in [3.05, 3.63) is 35.9 Å². The van der Waals surface area contributed by atoms with Crippen LogP contribution in [0.1, 0.15) is 10.4 Å². The van der Waals surface area contributed by atoms with Gasteiger partial charge in [0.05, 0.1) is 18.8 Å². The lowest BCUT2D eigenvalue weighted by Gasteiger charge is -2.16. The molecule has 0 bridgehead atoms. The van der Waals surface area contributed by atoms with E-state index in [0.717, 1.165) is 0 Å². The third kappa shape index (κ3) is 5.87. The van der Waals surface area contributed by atoms with Gasteiger partial charge >= 0.3 is 5.97 Å². The Bertz CT molecular complexity index is 409. The summed E-state index contributed by atoms with van der Waals surface area (Å²) in [5.41, 5.74) is 5.79. The molecule has 0 spiro atoms. The summed E-state index contributed by atoms with van der Waals surface area (Å²) in [5, 5.41) is 7.15. The van der Waals surface area contributed by atoms with Crippen LogP contribution in [0.15, 0.2) is 30.3 Å². The third-order valence-corrected chi connectivity index (χ3v) is 2.45. The largest absolute Gasteiger partial charge is 0.460 e. The number of nitrogens with two attached hydrogens (primary N) is 1. The van der Waals surface area contributed by atoms with Crippen molar-refractivity contribution in [2.45, 2.75) is 0 Å². The van der Waals surface area contributed by atoms with Gasteiger partial charge in [0.25, 0.3) is 0 Å². The van der Waals surface area contributed by atoms with E-state index < -0.39 is 0 Å². The SMILES string of the molecule is CN(CCOCCOC(=O)c1ccccc1)C(=N)N. The Morgan fingerprint density at radius 3 is 2.58 bits per heavy atom. The van der Waals surface area contributed by atoms with Crippen LogP contribution in [-0.4, -0.2) is 50.2 Å². The van der Waals surface area contributed by atoms with Crippen molar-refractivity contribution in [3.63, 3.8) is 0 Å². The summed E-state index contributed by atoms with van der Waals surface area (Å²) < 4.78 is 10.3. The van der Waals surface area contributed by atoms with Crippen LogP contribution >= 0.6 is 0 Å². The van der Waals surface area contributed by atoms with Gasteiger partial charge in [0, 0.05) is 13.6 Å². The normalized spacial score (nSPS) is 9.95. The van der Waals surface area contributed by atoms with Crippen molar-refractivity contribution in [2.24, 2.45) is 5.73 Å². The number of nitrogens with zero attached hydrogens (tertiary/aromatic N) is 1. The molecule has 0 aliphatic rings. The molecule has 0 aliphatic carbocycles. The van der Waals surface area contributed by atoms with E-state index in [1.165, 1.54) is 0 Å². The van der Waals surface area contributed by atoms with Crippen molar-refractivity contribution >= 4 is 11.9 Å². The second kappa shape index (κ2) is 8.10. The van der Waals surface area contributed by atoms with Gasteiger partial charge in [-0.2, -0.15) is 0 Å². The Balaban J connectivity index is 2.08. The first-order chi connectivity index (χ1) is 9.11. The second-order valence-corrected chi connectivity index (χ2v) is 3.92. The maximum atomic E-state index is 11.5. The highest BCUT2D eigenvalue weighted by atomic mass is 16.6. The number of benzene rings is 1. The average Bonchev–Trinajstić information content (AvgIpc) is 2.42. The first kappa shape index (κ1) is 15.0. The molecule has 0 radical (unpaired) electrons. The highest BCUT2D eigenvalue weighted by Gasteiger charge is 2.05. The van der Waals surface area contributed by atoms with E-state index in [1.54, 1.807) is 36.2 Å². The van der Waals surface area contributed by atoms with Crippen molar-refractivity contribution in [3.8, 4) is 0 Å². The van der Waals surface area contributed by atoms with Gasteiger partial charge in [0.15, 0.2) is 5.96 Å². The zero-order chi connectivity index (χ0) is 14.1. The van der Waals surface area contributed by atoms with E-state index in [2.05, 4.69) is 0 Å². The summed E-state index contributed by atoms with van der Waals surface area (Å²) >= 11 is 0. The summed E-state index contributed by atoms with van der Waals surface area (Å²) in [6.07, 6.45) is 0. The molecule has 0 aliphatic heterocycles. The van der Waals surface area contributed by atoms with E-state index in [9.17, 15) is 4.79 Å². The molecule has 0 atom stereocenters. The molecule has 6 heteroatoms. The molecular weight excluding hydrogens is 246 g/mol. The molecule has 3 N–H and O–H groups in total. The number of nitrogens with one attached hydrogen (secondary N) is 1. The molecule has 0 aromatic heterocycles. The topological polar surface area (TPSA) is 88.6 Å². The predicted molar refractivity (Wildman–Crippen MR) is 72.1 cm³/mol. The van der Waals surface area contributed by atoms with Crippen LogP contribution in [0.5, 0.6) is 0 Å². The Hall–Kier alpha value is -2.08. The van der Waals surface area contributed by atoms with Crippen LogP contribution in [0.3, 0.4) is 0 Å². The summed E-state index contributed by atoms with van der Waals surface area (Å²) in [5.74, 6) is -0.357. The molecule has 0 unspecified atom stereocenters. The molecule has 1 aromatic carbocycles. The number of ether oxygens (including phenoxy) is 2. The zero-order valence-electron chi connectivity index (χ0n) is 11.0. The summed E-state index contributed by atoms with van der Waals surface area (Å²) in [4.78, 5) is 13.1. The predicted octanol–water partition coefficient (Wildman–Crippen LogP) is 0.685. The average molecular weight is 265 g/mol. The van der Waals surface area contributed by atoms with E-state index in [0.29, 0.717) is 25.3 Å². The Morgan fingerprint density at radius 1 is 1.26 bits per heavy atom. The van der Waals surface area contributed by atoms with E-state index in [-0.39, 0.29) is 18.5 Å². The number of esters is 1. The van der Waals surface area contributed by atoms with Crippen LogP contribution in [0.2, 0.25) is 0 Å². The third-order valence-electron chi connectivity index (χ3n) is 2.45. The fourth-order valence-corrected chi connectivity index (χ4v) is 1.27. The van der Waals surface area contributed by atoms with Crippen LogP contribution in [0, 0.1) is 5.41 Å². The number of carbonyl (C=O) groups is 1. The number of carbonyl (C=O) groups excluding carboxylic acids is 1. The minimum absolute atomic E-state index is 0.000828. The molecule has 0 amide bonds. The van der Waals surface area contributed by atoms with Crippen molar-refractivity contribution < 1.29 is 14.3 Å². The van der Waals surface area contributed by atoms with Gasteiger partial charge in [-0.3, -0.25) is 5.41 Å². The lowest BCUT2D eigenvalue weighted by Crippen LogP contribution is -2.35. The quantitative estimate of drug-likeness (QED) is 0.327. The van der Waals surface area contributed by atoms with Gasteiger partial charge in [-0.05, 0) is 12.1 Å². The molecule has 1 aromatic rings. The van der Waals surface area contributed by atoms with E-state index in [1.807, 2.05) is 6.07 Å². The molecule has 6 nitrogen and oxygen atoms in total. The van der Waals surface area contributed by atoms with Crippen molar-refractivity contribution in [1.29, 1.82) is 5.41 Å². The number of hydrogen-bond donors (Lipinski definition) is 2. The number of rotatable bonds is 7. The molecule has 1 rings (SSSR count). The molecule has 0 saturated heterocycles. The van der Waals surface area contributed by atoms with Gasteiger partial charge in [-0.15, -0.1) is 0 Å². The highest BCUT2D eigenvalue weighted by Crippen LogP contribution is 2.00. The maximum Gasteiger partial charge on any atom is 0.338 e. The first-order valence-electron chi connectivity index (χ1n) is 5.96. The second-order valence-electron chi connectivity index (χ2n) is 3.92. The molecule has 19 heavy (non-hydrogen) atoms. The molecule has 0 saturated carbocycles. The van der Waals surface area contributed by atoms with Crippen molar-refractivity contribution in [1.82, 2.24) is 4.90 Å². The van der Waals surface area contributed by atoms with Crippen molar-refractivity contribution in [2.75, 3.05) is 33.4 Å². The highest BCUT2D eigenvalue weighted by molar-refractivity contribution is 5.89. The Morgan fingerprint density at radius 2 is 1.95 bits per heavy atom. The number of likely N-dealkylation sites (N-methyl/N-ethyl adjacent to an activating group) is 1. The summed E-state index contributed by atoms with van der Waals surface area (Å²) in [7, 11) is 1.71. The van der Waals surface area contributed by atoms with Crippen LogP contribution < -0.4 is 5.73 Å². The lowest BCUT2D eigenvalue weighted by molar-refractivity contribution is 0.0307. The monoisotopic (exact) mass is 265 g/mol. The fraction of sp³-hybridized carbons (Fsp3) is 0.385. The van der Waals surface area contributed by atoms with Crippen LogP contribution in [0.25, 0.3) is 0 Å². The Labute approximate surface area is 112 Å². The standard InChI is InChI=1S/C13H19N3O3/c1-16(13(14)15)7-8-18-9-10-19-12(17)11-5-3-2-4-6-11/h2-6H,7-10H2,1H3,(H3,14,15). The van der Waals surface area contributed by atoms with Gasteiger partial charge in [0.2, 0.25) is 0 Å².